The standard InChI is InChI=1S/C8H10BN3O2S/c1-5-6(4-11-12-10)2-7(15)3-8(5)9(13)14/h2-3,13-15H,4H2,1H3. The summed E-state index contributed by atoms with van der Waals surface area (Å²) in [5, 5.41) is 21.6. The van der Waals surface area contributed by atoms with E-state index in [0.717, 1.165) is 5.56 Å². The van der Waals surface area contributed by atoms with Crippen LogP contribution < -0.4 is 5.46 Å². The molecule has 0 aromatic heterocycles. The molecule has 1 aromatic rings. The summed E-state index contributed by atoms with van der Waals surface area (Å²) in [4.78, 5) is 3.25. The molecule has 7 heteroatoms. The van der Waals surface area contributed by atoms with Gasteiger partial charge < -0.3 is 10.0 Å². The SMILES string of the molecule is Cc1c(CN=[N+]=[N-])cc(S)cc1B(O)O. The smallest absolute Gasteiger partial charge is 0.423 e. The normalized spacial score (nSPS) is 9.60. The largest absolute Gasteiger partial charge is 0.488 e. The first-order valence-electron chi connectivity index (χ1n) is 4.25. The molecule has 0 saturated carbocycles. The van der Waals surface area contributed by atoms with Crippen LogP contribution in [0.2, 0.25) is 0 Å². The molecule has 78 valence electrons. The van der Waals surface area contributed by atoms with E-state index in [1.807, 2.05) is 0 Å². The number of hydrogen-bond donors (Lipinski definition) is 3. The van der Waals surface area contributed by atoms with Crippen molar-refractivity contribution in [2.45, 2.75) is 18.4 Å². The van der Waals surface area contributed by atoms with Crippen molar-refractivity contribution in [2.24, 2.45) is 5.11 Å². The zero-order valence-electron chi connectivity index (χ0n) is 8.12. The summed E-state index contributed by atoms with van der Waals surface area (Å²) in [6, 6.07) is 3.31. The van der Waals surface area contributed by atoms with Crippen LogP contribution in [0.3, 0.4) is 0 Å². The highest BCUT2D eigenvalue weighted by Gasteiger charge is 2.16. The Balaban J connectivity index is 3.21. The summed E-state index contributed by atoms with van der Waals surface area (Å²) in [7, 11) is -1.54. The first-order chi connectivity index (χ1) is 7.06. The van der Waals surface area contributed by atoms with Crippen LogP contribution in [-0.4, -0.2) is 17.2 Å². The third-order valence-corrected chi connectivity index (χ3v) is 2.38. The van der Waals surface area contributed by atoms with E-state index in [9.17, 15) is 0 Å². The van der Waals surface area contributed by atoms with Gasteiger partial charge in [0.15, 0.2) is 0 Å². The Bertz CT molecular complexity index is 419. The maximum atomic E-state index is 9.10. The quantitative estimate of drug-likeness (QED) is 0.232. The first-order valence-corrected chi connectivity index (χ1v) is 4.70. The van der Waals surface area contributed by atoms with Crippen LogP contribution in [0, 0.1) is 6.92 Å². The minimum atomic E-state index is -1.54. The summed E-state index contributed by atoms with van der Waals surface area (Å²) in [6.45, 7) is 1.92. The van der Waals surface area contributed by atoms with Crippen molar-refractivity contribution in [1.29, 1.82) is 0 Å². The molecule has 1 aromatic carbocycles. The first kappa shape index (κ1) is 11.9. The molecule has 0 amide bonds. The van der Waals surface area contributed by atoms with Crippen molar-refractivity contribution < 1.29 is 10.0 Å². The second-order valence-electron chi connectivity index (χ2n) is 3.08. The lowest BCUT2D eigenvalue weighted by molar-refractivity contribution is 0.425. The average molecular weight is 223 g/mol. The number of thiol groups is 1. The lowest BCUT2D eigenvalue weighted by atomic mass is 9.76. The molecule has 0 bridgehead atoms. The van der Waals surface area contributed by atoms with Crippen LogP contribution in [0.1, 0.15) is 11.1 Å². The molecule has 0 aliphatic carbocycles. The fraction of sp³-hybridized carbons (Fsp3) is 0.250. The molecular formula is C8H10BN3O2S. The zero-order chi connectivity index (χ0) is 11.4. The van der Waals surface area contributed by atoms with Crippen molar-refractivity contribution >= 4 is 25.2 Å². The van der Waals surface area contributed by atoms with Gasteiger partial charge in [0.1, 0.15) is 0 Å². The summed E-state index contributed by atoms with van der Waals surface area (Å²) in [6.07, 6.45) is 0. The fourth-order valence-electron chi connectivity index (χ4n) is 1.32. The molecular weight excluding hydrogens is 213 g/mol. The number of azide groups is 1. The molecule has 0 aliphatic rings. The summed E-state index contributed by atoms with van der Waals surface area (Å²) in [5.74, 6) is 0. The van der Waals surface area contributed by atoms with Gasteiger partial charge in [-0.1, -0.05) is 5.11 Å². The van der Waals surface area contributed by atoms with E-state index in [-0.39, 0.29) is 6.54 Å². The molecule has 0 atom stereocenters. The number of hydrogen-bond acceptors (Lipinski definition) is 4. The number of rotatable bonds is 3. The van der Waals surface area contributed by atoms with Gasteiger partial charge in [-0.25, -0.2) is 0 Å². The highest BCUT2D eigenvalue weighted by atomic mass is 32.1. The predicted molar refractivity (Wildman–Crippen MR) is 61.1 cm³/mol. The summed E-state index contributed by atoms with van der Waals surface area (Å²) in [5.41, 5.74) is 10.0. The maximum Gasteiger partial charge on any atom is 0.488 e. The van der Waals surface area contributed by atoms with Gasteiger partial charge in [-0.15, -0.1) is 12.6 Å². The van der Waals surface area contributed by atoms with Crippen molar-refractivity contribution in [3.8, 4) is 0 Å². The van der Waals surface area contributed by atoms with Gasteiger partial charge >= 0.3 is 7.12 Å². The van der Waals surface area contributed by atoms with Crippen molar-refractivity contribution in [3.05, 3.63) is 33.7 Å². The van der Waals surface area contributed by atoms with E-state index in [4.69, 9.17) is 15.6 Å². The molecule has 5 nitrogen and oxygen atoms in total. The third kappa shape index (κ3) is 2.90. The zero-order valence-corrected chi connectivity index (χ0v) is 9.02. The fourth-order valence-corrected chi connectivity index (χ4v) is 1.62. The monoisotopic (exact) mass is 223 g/mol. The van der Waals surface area contributed by atoms with E-state index in [2.05, 4.69) is 22.7 Å². The Morgan fingerprint density at radius 1 is 1.53 bits per heavy atom. The molecule has 0 spiro atoms. The minimum absolute atomic E-state index is 0.177. The van der Waals surface area contributed by atoms with E-state index in [1.165, 1.54) is 0 Å². The Kier molecular flexibility index (Phi) is 4.05. The summed E-state index contributed by atoms with van der Waals surface area (Å²) < 4.78 is 0. The van der Waals surface area contributed by atoms with Crippen LogP contribution in [0.15, 0.2) is 22.1 Å². The van der Waals surface area contributed by atoms with Gasteiger partial charge in [-0.3, -0.25) is 0 Å². The molecule has 15 heavy (non-hydrogen) atoms. The molecule has 1 rings (SSSR count). The van der Waals surface area contributed by atoms with Crippen LogP contribution in [-0.2, 0) is 6.54 Å². The van der Waals surface area contributed by atoms with Crippen LogP contribution >= 0.6 is 12.6 Å². The van der Waals surface area contributed by atoms with E-state index < -0.39 is 7.12 Å². The Labute approximate surface area is 92.9 Å². The molecule has 0 radical (unpaired) electrons. The van der Waals surface area contributed by atoms with Crippen LogP contribution in [0.4, 0.5) is 0 Å². The third-order valence-electron chi connectivity index (χ3n) is 2.12. The van der Waals surface area contributed by atoms with E-state index in [0.29, 0.717) is 15.9 Å². The lowest BCUT2D eigenvalue weighted by Crippen LogP contribution is -2.33. The molecule has 0 aliphatic heterocycles. The van der Waals surface area contributed by atoms with E-state index in [1.54, 1.807) is 19.1 Å². The Morgan fingerprint density at radius 3 is 2.73 bits per heavy atom. The molecule has 0 saturated heterocycles. The van der Waals surface area contributed by atoms with Gasteiger partial charge in [-0.2, -0.15) is 0 Å². The molecule has 0 fully saturated rings. The highest BCUT2D eigenvalue weighted by molar-refractivity contribution is 7.80. The topological polar surface area (TPSA) is 89.2 Å². The van der Waals surface area contributed by atoms with Crippen molar-refractivity contribution in [3.63, 3.8) is 0 Å². The van der Waals surface area contributed by atoms with Gasteiger partial charge in [0, 0.05) is 9.81 Å². The van der Waals surface area contributed by atoms with E-state index >= 15 is 0 Å². The van der Waals surface area contributed by atoms with Gasteiger partial charge in [0.05, 0.1) is 6.54 Å². The summed E-state index contributed by atoms with van der Waals surface area (Å²) >= 11 is 4.13. The van der Waals surface area contributed by atoms with Crippen molar-refractivity contribution in [2.75, 3.05) is 0 Å². The van der Waals surface area contributed by atoms with Gasteiger partial charge in [-0.05, 0) is 41.2 Å². The van der Waals surface area contributed by atoms with Gasteiger partial charge in [0.25, 0.3) is 0 Å². The average Bonchev–Trinajstić information content (AvgIpc) is 2.18. The highest BCUT2D eigenvalue weighted by Crippen LogP contribution is 2.14. The van der Waals surface area contributed by atoms with Crippen LogP contribution in [0.25, 0.3) is 10.4 Å². The Hall–Kier alpha value is -1.14. The molecule has 0 heterocycles. The second kappa shape index (κ2) is 5.09. The van der Waals surface area contributed by atoms with Gasteiger partial charge in [0.2, 0.25) is 0 Å². The lowest BCUT2D eigenvalue weighted by Gasteiger charge is -2.10. The Morgan fingerprint density at radius 2 is 2.20 bits per heavy atom. The number of benzene rings is 1. The number of nitrogens with zero attached hydrogens (tertiary/aromatic N) is 3. The minimum Gasteiger partial charge on any atom is -0.423 e. The predicted octanol–water partition coefficient (Wildman–Crippen LogP) is 0.774. The van der Waals surface area contributed by atoms with Crippen molar-refractivity contribution in [1.82, 2.24) is 0 Å². The second-order valence-corrected chi connectivity index (χ2v) is 3.60. The molecule has 0 unspecified atom stereocenters. The molecule has 2 N–H and O–H groups in total. The maximum absolute atomic E-state index is 9.10. The van der Waals surface area contributed by atoms with Crippen LogP contribution in [0.5, 0.6) is 0 Å².